The second-order valence-corrected chi connectivity index (χ2v) is 5.50. The van der Waals surface area contributed by atoms with Crippen molar-refractivity contribution in [3.63, 3.8) is 0 Å². The number of hydrogen-bond acceptors (Lipinski definition) is 4. The zero-order chi connectivity index (χ0) is 17.2. The molecule has 0 atom stereocenters. The van der Waals surface area contributed by atoms with E-state index in [4.69, 9.17) is 5.73 Å². The van der Waals surface area contributed by atoms with Crippen LogP contribution >= 0.6 is 0 Å². The lowest BCUT2D eigenvalue weighted by Gasteiger charge is -2.12. The van der Waals surface area contributed by atoms with E-state index in [2.05, 4.69) is 15.5 Å². The van der Waals surface area contributed by atoms with Gasteiger partial charge in [0, 0.05) is 16.8 Å². The van der Waals surface area contributed by atoms with Crippen LogP contribution < -0.4 is 5.73 Å². The number of nitrogens with two attached hydrogens (primary N) is 1. The maximum Gasteiger partial charge on any atom is 0.187 e. The summed E-state index contributed by atoms with van der Waals surface area (Å²) in [6, 6.07) is 21.6. The van der Waals surface area contributed by atoms with Crippen LogP contribution in [0.5, 0.6) is 0 Å². The number of nitrogen functional groups attached to an aromatic ring is 1. The molecule has 0 aliphatic rings. The van der Waals surface area contributed by atoms with E-state index >= 15 is 0 Å². The van der Waals surface area contributed by atoms with Crippen molar-refractivity contribution in [2.75, 3.05) is 5.73 Å². The van der Waals surface area contributed by atoms with Gasteiger partial charge >= 0.3 is 0 Å². The number of rotatable bonds is 3. The number of nitrogens with zero attached hydrogens (tertiary/aromatic N) is 4. The van der Waals surface area contributed by atoms with Gasteiger partial charge in [0.25, 0.3) is 0 Å². The molecule has 0 unspecified atom stereocenters. The van der Waals surface area contributed by atoms with E-state index in [-0.39, 0.29) is 0 Å². The molecule has 0 bridgehead atoms. The van der Waals surface area contributed by atoms with Crippen molar-refractivity contribution in [3.05, 3.63) is 78.6 Å². The number of para-hydroxylation sites is 2. The molecule has 1 heterocycles. The van der Waals surface area contributed by atoms with E-state index in [1.807, 2.05) is 48.5 Å². The molecule has 0 saturated heterocycles. The minimum Gasteiger partial charge on any atom is -0.398 e. The van der Waals surface area contributed by atoms with Gasteiger partial charge in [-0.1, -0.05) is 54.6 Å². The van der Waals surface area contributed by atoms with Crippen molar-refractivity contribution in [1.82, 2.24) is 20.2 Å². The highest BCUT2D eigenvalue weighted by atomic mass is 19.1. The van der Waals surface area contributed by atoms with Gasteiger partial charge in [-0.3, -0.25) is 0 Å². The van der Waals surface area contributed by atoms with Crippen molar-refractivity contribution >= 4 is 5.69 Å². The number of aromatic nitrogens is 4. The fourth-order valence-electron chi connectivity index (χ4n) is 2.80. The lowest BCUT2D eigenvalue weighted by molar-refractivity contribution is 0.608. The van der Waals surface area contributed by atoms with Gasteiger partial charge in [-0.15, -0.1) is 5.10 Å². The molecule has 5 nitrogen and oxygen atoms in total. The summed E-state index contributed by atoms with van der Waals surface area (Å²) in [5.74, 6) is 0.0525. The molecule has 25 heavy (non-hydrogen) atoms. The van der Waals surface area contributed by atoms with E-state index < -0.39 is 5.82 Å². The summed E-state index contributed by atoms with van der Waals surface area (Å²) in [6.07, 6.45) is 0. The van der Waals surface area contributed by atoms with E-state index in [9.17, 15) is 4.39 Å². The standard InChI is InChI=1S/C19H14FN5/c20-16-10-4-6-12-18(16)25-19(22-23-24-25)15-9-2-1-7-13(15)14-8-3-5-11-17(14)21/h1-12H,21H2. The SMILES string of the molecule is Nc1ccccc1-c1ccccc1-c1nnnn1-c1ccccc1F. The summed E-state index contributed by atoms with van der Waals surface area (Å²) in [5.41, 5.74) is 9.60. The fraction of sp³-hybridized carbons (Fsp3) is 0. The summed E-state index contributed by atoms with van der Waals surface area (Å²) in [7, 11) is 0. The Labute approximate surface area is 143 Å². The maximum atomic E-state index is 14.2. The van der Waals surface area contributed by atoms with E-state index in [0.717, 1.165) is 16.7 Å². The number of halogens is 1. The number of anilines is 1. The zero-order valence-electron chi connectivity index (χ0n) is 13.2. The van der Waals surface area contributed by atoms with Crippen molar-refractivity contribution in [3.8, 4) is 28.2 Å². The van der Waals surface area contributed by atoms with Crippen LogP contribution in [0.1, 0.15) is 0 Å². The van der Waals surface area contributed by atoms with Gasteiger partial charge in [-0.25, -0.2) is 4.39 Å². The summed E-state index contributed by atoms with van der Waals surface area (Å²) < 4.78 is 15.6. The van der Waals surface area contributed by atoms with Gasteiger partial charge < -0.3 is 5.73 Å². The number of benzene rings is 3. The van der Waals surface area contributed by atoms with Crippen LogP contribution in [0.15, 0.2) is 72.8 Å². The van der Waals surface area contributed by atoms with Gasteiger partial charge in [0.2, 0.25) is 0 Å². The molecule has 2 N–H and O–H groups in total. The molecule has 4 rings (SSSR count). The second kappa shape index (κ2) is 6.16. The molecule has 0 aliphatic heterocycles. The second-order valence-electron chi connectivity index (χ2n) is 5.50. The Morgan fingerprint density at radius 3 is 2.16 bits per heavy atom. The van der Waals surface area contributed by atoms with Crippen LogP contribution in [0.4, 0.5) is 10.1 Å². The molecular weight excluding hydrogens is 317 g/mol. The Morgan fingerprint density at radius 1 is 0.760 bits per heavy atom. The summed E-state index contributed by atoms with van der Waals surface area (Å²) in [5, 5.41) is 11.8. The monoisotopic (exact) mass is 331 g/mol. The van der Waals surface area contributed by atoms with Crippen LogP contribution in [-0.4, -0.2) is 20.2 Å². The van der Waals surface area contributed by atoms with Crippen LogP contribution in [0, 0.1) is 5.82 Å². The molecule has 0 fully saturated rings. The van der Waals surface area contributed by atoms with E-state index in [1.54, 1.807) is 18.2 Å². The Hall–Kier alpha value is -3.54. The predicted octanol–water partition coefficient (Wildman–Crippen LogP) is 3.72. The first-order chi connectivity index (χ1) is 12.3. The first kappa shape index (κ1) is 15.0. The highest BCUT2D eigenvalue weighted by molar-refractivity contribution is 5.86. The molecule has 1 aromatic heterocycles. The third kappa shape index (κ3) is 2.63. The van der Waals surface area contributed by atoms with Crippen LogP contribution in [0.25, 0.3) is 28.2 Å². The molecule has 0 radical (unpaired) electrons. The van der Waals surface area contributed by atoms with Crippen molar-refractivity contribution < 1.29 is 4.39 Å². The molecule has 6 heteroatoms. The topological polar surface area (TPSA) is 69.6 Å². The molecule has 0 saturated carbocycles. The molecule has 122 valence electrons. The third-order valence-electron chi connectivity index (χ3n) is 3.97. The maximum absolute atomic E-state index is 14.2. The van der Waals surface area contributed by atoms with Crippen molar-refractivity contribution in [1.29, 1.82) is 0 Å². The Bertz CT molecular complexity index is 1040. The smallest absolute Gasteiger partial charge is 0.187 e. The summed E-state index contributed by atoms with van der Waals surface area (Å²) >= 11 is 0. The van der Waals surface area contributed by atoms with E-state index in [0.29, 0.717) is 17.2 Å². The molecule has 3 aromatic carbocycles. The third-order valence-corrected chi connectivity index (χ3v) is 3.97. The first-order valence-electron chi connectivity index (χ1n) is 7.73. The van der Waals surface area contributed by atoms with Crippen molar-refractivity contribution in [2.24, 2.45) is 0 Å². The van der Waals surface area contributed by atoms with Crippen molar-refractivity contribution in [2.45, 2.75) is 0 Å². The molecule has 0 spiro atoms. The average Bonchev–Trinajstić information content (AvgIpc) is 3.12. The summed E-state index contributed by atoms with van der Waals surface area (Å²) in [6.45, 7) is 0. The highest BCUT2D eigenvalue weighted by Gasteiger charge is 2.17. The fourth-order valence-corrected chi connectivity index (χ4v) is 2.80. The lowest BCUT2D eigenvalue weighted by atomic mass is 9.98. The minimum atomic E-state index is -0.396. The Morgan fingerprint density at radius 2 is 1.40 bits per heavy atom. The van der Waals surface area contributed by atoms with Gasteiger partial charge in [-0.2, -0.15) is 4.68 Å². The van der Waals surface area contributed by atoms with Crippen LogP contribution in [0.2, 0.25) is 0 Å². The molecule has 0 aliphatic carbocycles. The molecule has 0 amide bonds. The van der Waals surface area contributed by atoms with Gasteiger partial charge in [0.1, 0.15) is 11.5 Å². The molecule has 4 aromatic rings. The average molecular weight is 331 g/mol. The normalized spacial score (nSPS) is 10.8. The highest BCUT2D eigenvalue weighted by Crippen LogP contribution is 2.34. The predicted molar refractivity (Wildman–Crippen MR) is 94.4 cm³/mol. The quantitative estimate of drug-likeness (QED) is 0.581. The van der Waals surface area contributed by atoms with Gasteiger partial charge in [-0.05, 0) is 34.2 Å². The van der Waals surface area contributed by atoms with Gasteiger partial charge in [0.15, 0.2) is 5.82 Å². The molecular formula is C19H14FN5. The lowest BCUT2D eigenvalue weighted by Crippen LogP contribution is -2.03. The van der Waals surface area contributed by atoms with E-state index in [1.165, 1.54) is 10.7 Å². The zero-order valence-corrected chi connectivity index (χ0v) is 13.2. The van der Waals surface area contributed by atoms with Crippen LogP contribution in [-0.2, 0) is 0 Å². The minimum absolute atomic E-state index is 0.290. The Kier molecular flexibility index (Phi) is 3.70. The summed E-state index contributed by atoms with van der Waals surface area (Å²) in [4.78, 5) is 0. The van der Waals surface area contributed by atoms with Gasteiger partial charge in [0.05, 0.1) is 0 Å². The number of tetrazole rings is 1. The largest absolute Gasteiger partial charge is 0.398 e. The van der Waals surface area contributed by atoms with Crippen LogP contribution in [0.3, 0.4) is 0 Å². The Balaban J connectivity index is 1.93. The first-order valence-corrected chi connectivity index (χ1v) is 7.73. The number of hydrogen-bond donors (Lipinski definition) is 1.